The highest BCUT2D eigenvalue weighted by Gasteiger charge is 2.22. The molecule has 1 amide bonds. The highest BCUT2D eigenvalue weighted by atomic mass is 32.1. The quantitative estimate of drug-likeness (QED) is 0.523. The van der Waals surface area contributed by atoms with Gasteiger partial charge in [0.1, 0.15) is 10.8 Å². The summed E-state index contributed by atoms with van der Waals surface area (Å²) < 4.78 is 1.67. The summed E-state index contributed by atoms with van der Waals surface area (Å²) >= 11 is 1.50. The van der Waals surface area contributed by atoms with Gasteiger partial charge in [0.05, 0.1) is 17.8 Å². The molecule has 4 heterocycles. The lowest BCUT2D eigenvalue weighted by Crippen LogP contribution is -2.17. The van der Waals surface area contributed by atoms with Gasteiger partial charge in [-0.15, -0.1) is 11.3 Å². The Labute approximate surface area is 178 Å². The van der Waals surface area contributed by atoms with E-state index in [-0.39, 0.29) is 17.7 Å². The molecule has 8 heteroatoms. The monoisotopic (exact) mass is 418 g/mol. The van der Waals surface area contributed by atoms with Gasteiger partial charge in [-0.25, -0.2) is 9.97 Å². The van der Waals surface area contributed by atoms with Gasteiger partial charge < -0.3 is 5.32 Å². The fourth-order valence-corrected chi connectivity index (χ4v) is 3.66. The van der Waals surface area contributed by atoms with Crippen LogP contribution in [0.3, 0.4) is 0 Å². The van der Waals surface area contributed by atoms with Crippen molar-refractivity contribution in [2.75, 3.05) is 5.32 Å². The van der Waals surface area contributed by atoms with E-state index >= 15 is 0 Å². The van der Waals surface area contributed by atoms with E-state index in [9.17, 15) is 4.79 Å². The molecular formula is C22H22N6OS. The van der Waals surface area contributed by atoms with E-state index in [1.165, 1.54) is 11.3 Å². The van der Waals surface area contributed by atoms with Gasteiger partial charge in [0, 0.05) is 41.0 Å². The summed E-state index contributed by atoms with van der Waals surface area (Å²) in [4.78, 5) is 25.8. The topological polar surface area (TPSA) is 85.6 Å². The van der Waals surface area contributed by atoms with E-state index in [1.54, 1.807) is 23.3 Å². The van der Waals surface area contributed by atoms with E-state index < -0.39 is 0 Å². The number of nitrogens with zero attached hydrogens (tertiary/aromatic N) is 5. The van der Waals surface area contributed by atoms with Crippen molar-refractivity contribution in [3.8, 4) is 16.4 Å². The first-order valence-electron chi connectivity index (χ1n) is 9.57. The lowest BCUT2D eigenvalue weighted by molar-refractivity contribution is -0.115. The third kappa shape index (κ3) is 4.44. The molecule has 0 aliphatic carbocycles. The maximum absolute atomic E-state index is 12.7. The van der Waals surface area contributed by atoms with Gasteiger partial charge >= 0.3 is 0 Å². The van der Waals surface area contributed by atoms with Crippen LogP contribution in [0.4, 0.5) is 5.82 Å². The van der Waals surface area contributed by atoms with Gasteiger partial charge in [-0.05, 0) is 24.3 Å². The zero-order valence-electron chi connectivity index (χ0n) is 17.0. The van der Waals surface area contributed by atoms with Crippen LogP contribution in [0.25, 0.3) is 16.4 Å². The van der Waals surface area contributed by atoms with Gasteiger partial charge in [0.15, 0.2) is 5.82 Å². The summed E-state index contributed by atoms with van der Waals surface area (Å²) in [6.07, 6.45) is 5.37. The molecule has 4 aromatic heterocycles. The predicted molar refractivity (Wildman–Crippen MR) is 118 cm³/mol. The van der Waals surface area contributed by atoms with Crippen molar-refractivity contribution in [3.05, 3.63) is 71.8 Å². The molecule has 4 aromatic rings. The van der Waals surface area contributed by atoms with Crippen molar-refractivity contribution in [3.63, 3.8) is 0 Å². The van der Waals surface area contributed by atoms with E-state index in [4.69, 9.17) is 0 Å². The molecule has 30 heavy (non-hydrogen) atoms. The minimum atomic E-state index is -0.160. The first-order chi connectivity index (χ1) is 14.4. The molecule has 0 aromatic carbocycles. The second-order valence-electron chi connectivity index (χ2n) is 7.88. The number of hydrogen-bond donors (Lipinski definition) is 1. The molecule has 0 saturated carbocycles. The van der Waals surface area contributed by atoms with E-state index in [1.807, 2.05) is 41.8 Å². The van der Waals surface area contributed by atoms with Crippen molar-refractivity contribution in [1.82, 2.24) is 24.7 Å². The maximum Gasteiger partial charge on any atom is 0.231 e. The van der Waals surface area contributed by atoms with Crippen LogP contribution in [0.1, 0.15) is 32.2 Å². The number of thiazole rings is 1. The SMILES string of the molecule is CC(C)(C)c1cc(NC(=O)Cc2csc(-c3cccnc3)n2)n(-c2ccccn2)n1. The number of pyridine rings is 2. The standard InChI is InChI=1S/C22H22N6OS/c1-22(2,3)17-12-19(28(27-17)18-8-4-5-10-24-18)26-20(29)11-16-14-30-21(25-16)15-7-6-9-23-13-15/h4-10,12-14H,11H2,1-3H3,(H,26,29). The van der Waals surface area contributed by atoms with Gasteiger partial charge in [-0.3, -0.25) is 9.78 Å². The lowest BCUT2D eigenvalue weighted by atomic mass is 9.92. The average Bonchev–Trinajstić information content (AvgIpc) is 3.36. The molecule has 0 aliphatic rings. The summed E-state index contributed by atoms with van der Waals surface area (Å²) in [5.41, 5.74) is 2.37. The third-order valence-electron chi connectivity index (χ3n) is 4.41. The zero-order chi connectivity index (χ0) is 21.1. The fourth-order valence-electron chi connectivity index (χ4n) is 2.85. The molecule has 0 saturated heterocycles. The Morgan fingerprint density at radius 2 is 2.03 bits per heavy atom. The Balaban J connectivity index is 1.55. The third-order valence-corrected chi connectivity index (χ3v) is 5.35. The number of amides is 1. The number of anilines is 1. The highest BCUT2D eigenvalue weighted by Crippen LogP contribution is 2.26. The molecule has 4 rings (SSSR count). The van der Waals surface area contributed by atoms with Crippen LogP contribution in [0.2, 0.25) is 0 Å². The van der Waals surface area contributed by atoms with E-state index in [2.05, 4.69) is 46.1 Å². The number of rotatable bonds is 5. The second kappa shape index (κ2) is 8.16. The molecule has 7 nitrogen and oxygen atoms in total. The van der Waals surface area contributed by atoms with Gasteiger partial charge in [-0.2, -0.15) is 9.78 Å². The molecule has 1 N–H and O–H groups in total. The minimum absolute atomic E-state index is 0.157. The van der Waals surface area contributed by atoms with Crippen molar-refractivity contribution >= 4 is 23.1 Å². The van der Waals surface area contributed by atoms with Crippen LogP contribution >= 0.6 is 11.3 Å². The normalized spacial score (nSPS) is 11.4. The van der Waals surface area contributed by atoms with Crippen LogP contribution in [0, 0.1) is 0 Å². The Morgan fingerprint density at radius 1 is 1.17 bits per heavy atom. The van der Waals surface area contributed by atoms with Crippen molar-refractivity contribution in [2.45, 2.75) is 32.6 Å². The van der Waals surface area contributed by atoms with Gasteiger partial charge in [0.2, 0.25) is 5.91 Å². The Hall–Kier alpha value is -3.39. The van der Waals surface area contributed by atoms with Crippen LogP contribution in [-0.2, 0) is 16.6 Å². The Morgan fingerprint density at radius 3 is 2.73 bits per heavy atom. The second-order valence-corrected chi connectivity index (χ2v) is 8.73. The van der Waals surface area contributed by atoms with Gasteiger partial charge in [-0.1, -0.05) is 26.8 Å². The number of carbonyl (C=O) groups is 1. The smallest absolute Gasteiger partial charge is 0.231 e. The highest BCUT2D eigenvalue weighted by molar-refractivity contribution is 7.13. The molecule has 0 radical (unpaired) electrons. The molecule has 0 atom stereocenters. The number of aromatic nitrogens is 5. The first-order valence-corrected chi connectivity index (χ1v) is 10.4. The summed E-state index contributed by atoms with van der Waals surface area (Å²) in [7, 11) is 0. The van der Waals surface area contributed by atoms with Crippen molar-refractivity contribution in [2.24, 2.45) is 0 Å². The van der Waals surface area contributed by atoms with E-state index in [0.29, 0.717) is 11.6 Å². The number of nitrogens with one attached hydrogen (secondary N) is 1. The fraction of sp³-hybridized carbons (Fsp3) is 0.227. The van der Waals surface area contributed by atoms with Gasteiger partial charge in [0.25, 0.3) is 0 Å². The zero-order valence-corrected chi connectivity index (χ0v) is 17.8. The van der Waals surface area contributed by atoms with Crippen LogP contribution in [-0.4, -0.2) is 30.6 Å². The van der Waals surface area contributed by atoms with E-state index in [0.717, 1.165) is 22.0 Å². The molecule has 0 unspecified atom stereocenters. The maximum atomic E-state index is 12.7. The first kappa shape index (κ1) is 19.9. The van der Waals surface area contributed by atoms with Crippen LogP contribution < -0.4 is 5.32 Å². The summed E-state index contributed by atoms with van der Waals surface area (Å²) in [5.74, 6) is 1.08. The summed E-state index contributed by atoms with van der Waals surface area (Å²) in [5, 5.41) is 10.4. The Kier molecular flexibility index (Phi) is 5.41. The summed E-state index contributed by atoms with van der Waals surface area (Å²) in [6.45, 7) is 6.25. The van der Waals surface area contributed by atoms with Crippen LogP contribution in [0.5, 0.6) is 0 Å². The molecule has 0 fully saturated rings. The molecule has 0 aliphatic heterocycles. The summed E-state index contributed by atoms with van der Waals surface area (Å²) in [6, 6.07) is 11.3. The average molecular weight is 419 g/mol. The number of carbonyl (C=O) groups excluding carboxylic acids is 1. The van der Waals surface area contributed by atoms with Crippen molar-refractivity contribution < 1.29 is 4.79 Å². The lowest BCUT2D eigenvalue weighted by Gasteiger charge is -2.13. The largest absolute Gasteiger partial charge is 0.310 e. The molecule has 0 spiro atoms. The molecular weight excluding hydrogens is 396 g/mol. The number of hydrogen-bond acceptors (Lipinski definition) is 6. The van der Waals surface area contributed by atoms with Crippen molar-refractivity contribution in [1.29, 1.82) is 0 Å². The molecule has 0 bridgehead atoms. The van der Waals surface area contributed by atoms with Crippen LogP contribution in [0.15, 0.2) is 60.4 Å². The Bertz CT molecular complexity index is 1150. The predicted octanol–water partition coefficient (Wildman–Crippen LogP) is 4.26. The minimum Gasteiger partial charge on any atom is -0.310 e. The molecule has 152 valence electrons.